The minimum absolute atomic E-state index is 0.00903. The first-order chi connectivity index (χ1) is 10.2. The Morgan fingerprint density at radius 3 is 2.81 bits per heavy atom. The molecule has 0 bridgehead atoms. The molecule has 0 saturated heterocycles. The Balaban J connectivity index is 1.79. The highest BCUT2D eigenvalue weighted by atomic mass is 32.2. The number of amides is 1. The monoisotopic (exact) mass is 302 g/mol. The Morgan fingerprint density at radius 1 is 1.24 bits per heavy atom. The average molecular weight is 302 g/mol. The Morgan fingerprint density at radius 2 is 2.05 bits per heavy atom. The molecule has 0 aromatic heterocycles. The highest BCUT2D eigenvalue weighted by Crippen LogP contribution is 2.19. The van der Waals surface area contributed by atoms with Gasteiger partial charge in [0.05, 0.1) is 12.9 Å². The molecule has 5 heteroatoms. The van der Waals surface area contributed by atoms with Crippen molar-refractivity contribution < 1.29 is 9.53 Å². The summed E-state index contributed by atoms with van der Waals surface area (Å²) in [6, 6.07) is 15.1. The van der Waals surface area contributed by atoms with Gasteiger partial charge in [-0.25, -0.2) is 0 Å². The fraction of sp³-hybridized carbons (Fsp3) is 0.188. The van der Waals surface area contributed by atoms with Crippen LogP contribution in [0.5, 0.6) is 5.75 Å². The van der Waals surface area contributed by atoms with E-state index in [0.717, 1.165) is 16.2 Å². The number of ether oxygens (including phenoxy) is 1. The van der Waals surface area contributed by atoms with Gasteiger partial charge < -0.3 is 15.8 Å². The quantitative estimate of drug-likeness (QED) is 0.636. The van der Waals surface area contributed by atoms with Crippen molar-refractivity contribution in [1.82, 2.24) is 5.32 Å². The Hall–Kier alpha value is -2.14. The van der Waals surface area contributed by atoms with Crippen LogP contribution in [0.3, 0.4) is 0 Å². The molecule has 4 nitrogen and oxygen atoms in total. The molecule has 1 amide bonds. The van der Waals surface area contributed by atoms with Crippen LogP contribution in [0.15, 0.2) is 53.4 Å². The van der Waals surface area contributed by atoms with Crippen molar-refractivity contribution in [2.24, 2.45) is 0 Å². The zero-order chi connectivity index (χ0) is 15.1. The lowest BCUT2D eigenvalue weighted by molar-refractivity contribution is -0.118. The number of rotatable bonds is 6. The molecule has 0 aliphatic rings. The minimum Gasteiger partial charge on any atom is -0.497 e. The number of carbonyl (C=O) groups is 1. The summed E-state index contributed by atoms with van der Waals surface area (Å²) in [4.78, 5) is 12.8. The number of thioether (sulfide) groups is 1. The van der Waals surface area contributed by atoms with Gasteiger partial charge in [0.2, 0.25) is 5.91 Å². The molecular formula is C16H18N2O2S. The summed E-state index contributed by atoms with van der Waals surface area (Å²) < 4.78 is 5.15. The van der Waals surface area contributed by atoms with E-state index in [1.165, 1.54) is 11.8 Å². The van der Waals surface area contributed by atoms with Gasteiger partial charge in [0.25, 0.3) is 0 Å². The van der Waals surface area contributed by atoms with Crippen LogP contribution in [0, 0.1) is 0 Å². The summed E-state index contributed by atoms with van der Waals surface area (Å²) in [5.74, 6) is 1.15. The van der Waals surface area contributed by atoms with Crippen molar-refractivity contribution in [3.63, 3.8) is 0 Å². The third-order valence-corrected chi connectivity index (χ3v) is 3.85. The molecule has 21 heavy (non-hydrogen) atoms. The minimum atomic E-state index is -0.00903. The van der Waals surface area contributed by atoms with E-state index in [-0.39, 0.29) is 5.91 Å². The van der Waals surface area contributed by atoms with Gasteiger partial charge in [-0.1, -0.05) is 18.2 Å². The molecule has 3 N–H and O–H groups in total. The zero-order valence-electron chi connectivity index (χ0n) is 11.8. The molecule has 0 heterocycles. The number of nitrogens with one attached hydrogen (secondary N) is 1. The van der Waals surface area contributed by atoms with Crippen LogP contribution < -0.4 is 15.8 Å². The van der Waals surface area contributed by atoms with Crippen LogP contribution in [0.2, 0.25) is 0 Å². The number of carbonyl (C=O) groups excluding carboxylic acids is 1. The topological polar surface area (TPSA) is 64.3 Å². The van der Waals surface area contributed by atoms with Crippen LogP contribution >= 0.6 is 11.8 Å². The fourth-order valence-electron chi connectivity index (χ4n) is 1.79. The highest BCUT2D eigenvalue weighted by Gasteiger charge is 2.04. The Labute approximate surface area is 128 Å². The first-order valence-electron chi connectivity index (χ1n) is 6.55. The van der Waals surface area contributed by atoms with E-state index >= 15 is 0 Å². The first kappa shape index (κ1) is 15.3. The summed E-state index contributed by atoms with van der Waals surface area (Å²) >= 11 is 1.47. The summed E-state index contributed by atoms with van der Waals surface area (Å²) in [6.07, 6.45) is 0. The maximum Gasteiger partial charge on any atom is 0.230 e. The van der Waals surface area contributed by atoms with Gasteiger partial charge in [-0.15, -0.1) is 11.8 Å². The van der Waals surface area contributed by atoms with Crippen LogP contribution in [-0.4, -0.2) is 18.8 Å². The largest absolute Gasteiger partial charge is 0.497 e. The molecule has 0 aliphatic carbocycles. The second kappa shape index (κ2) is 7.59. The third kappa shape index (κ3) is 5.04. The summed E-state index contributed by atoms with van der Waals surface area (Å²) in [5, 5.41) is 2.89. The number of benzene rings is 2. The van der Waals surface area contributed by atoms with E-state index in [2.05, 4.69) is 5.32 Å². The molecule has 0 radical (unpaired) electrons. The standard InChI is InChI=1S/C16H18N2O2S/c1-20-14-6-2-4-12(8-14)10-18-16(19)11-21-15-7-3-5-13(17)9-15/h2-9H,10-11,17H2,1H3,(H,18,19). The number of hydrogen-bond donors (Lipinski definition) is 2. The number of hydrogen-bond acceptors (Lipinski definition) is 4. The predicted molar refractivity (Wildman–Crippen MR) is 86.4 cm³/mol. The van der Waals surface area contributed by atoms with Gasteiger partial charge in [-0.2, -0.15) is 0 Å². The Bertz CT molecular complexity index is 617. The molecule has 0 spiro atoms. The van der Waals surface area contributed by atoms with Crippen LogP contribution in [0.4, 0.5) is 5.69 Å². The van der Waals surface area contributed by atoms with E-state index in [1.54, 1.807) is 7.11 Å². The number of methoxy groups -OCH3 is 1. The van der Waals surface area contributed by atoms with Crippen molar-refractivity contribution in [2.75, 3.05) is 18.6 Å². The molecule has 0 atom stereocenters. The summed E-state index contributed by atoms with van der Waals surface area (Å²) in [6.45, 7) is 0.494. The highest BCUT2D eigenvalue weighted by molar-refractivity contribution is 8.00. The molecule has 2 rings (SSSR count). The third-order valence-electron chi connectivity index (χ3n) is 2.85. The van der Waals surface area contributed by atoms with Crippen molar-refractivity contribution in [3.8, 4) is 5.75 Å². The normalized spacial score (nSPS) is 10.1. The molecule has 2 aromatic rings. The first-order valence-corrected chi connectivity index (χ1v) is 7.54. The average Bonchev–Trinajstić information content (AvgIpc) is 2.51. The molecule has 2 aromatic carbocycles. The second-order valence-corrected chi connectivity index (χ2v) is 5.54. The molecule has 110 valence electrons. The molecule has 0 aliphatic heterocycles. The fourth-order valence-corrected chi connectivity index (χ4v) is 2.58. The molecule has 0 fully saturated rings. The maximum atomic E-state index is 11.8. The summed E-state index contributed by atoms with van der Waals surface area (Å²) in [5.41, 5.74) is 7.42. The van der Waals surface area contributed by atoms with E-state index < -0.39 is 0 Å². The maximum absolute atomic E-state index is 11.8. The zero-order valence-corrected chi connectivity index (χ0v) is 12.7. The number of nitrogen functional groups attached to an aromatic ring is 1. The van der Waals surface area contributed by atoms with E-state index in [9.17, 15) is 4.79 Å². The van der Waals surface area contributed by atoms with Gasteiger partial charge in [-0.05, 0) is 35.9 Å². The lowest BCUT2D eigenvalue weighted by Crippen LogP contribution is -2.24. The lowest BCUT2D eigenvalue weighted by Gasteiger charge is -2.07. The van der Waals surface area contributed by atoms with Gasteiger partial charge in [0, 0.05) is 17.1 Å². The molecular weight excluding hydrogens is 284 g/mol. The van der Waals surface area contributed by atoms with E-state index in [4.69, 9.17) is 10.5 Å². The van der Waals surface area contributed by atoms with Crippen molar-refractivity contribution in [2.45, 2.75) is 11.4 Å². The smallest absolute Gasteiger partial charge is 0.230 e. The van der Waals surface area contributed by atoms with Crippen molar-refractivity contribution >= 4 is 23.4 Å². The van der Waals surface area contributed by atoms with E-state index in [0.29, 0.717) is 18.0 Å². The van der Waals surface area contributed by atoms with E-state index in [1.807, 2.05) is 48.5 Å². The molecule has 0 saturated carbocycles. The van der Waals surface area contributed by atoms with Gasteiger partial charge in [0.15, 0.2) is 0 Å². The second-order valence-electron chi connectivity index (χ2n) is 4.49. The van der Waals surface area contributed by atoms with Crippen LogP contribution in [0.1, 0.15) is 5.56 Å². The van der Waals surface area contributed by atoms with Gasteiger partial charge >= 0.3 is 0 Å². The van der Waals surface area contributed by atoms with Crippen molar-refractivity contribution in [1.29, 1.82) is 0 Å². The van der Waals surface area contributed by atoms with Crippen molar-refractivity contribution in [3.05, 3.63) is 54.1 Å². The van der Waals surface area contributed by atoms with Crippen LogP contribution in [0.25, 0.3) is 0 Å². The number of nitrogens with two attached hydrogens (primary N) is 1. The predicted octanol–water partition coefficient (Wildman–Crippen LogP) is 2.69. The van der Waals surface area contributed by atoms with Gasteiger partial charge in [-0.3, -0.25) is 4.79 Å². The van der Waals surface area contributed by atoms with Gasteiger partial charge in [0.1, 0.15) is 5.75 Å². The SMILES string of the molecule is COc1cccc(CNC(=O)CSc2cccc(N)c2)c1. The Kier molecular flexibility index (Phi) is 5.51. The summed E-state index contributed by atoms with van der Waals surface area (Å²) in [7, 11) is 1.62. The number of anilines is 1. The molecule has 0 unspecified atom stereocenters. The lowest BCUT2D eigenvalue weighted by atomic mass is 10.2. The van der Waals surface area contributed by atoms with Crippen LogP contribution in [-0.2, 0) is 11.3 Å².